The first kappa shape index (κ1) is 15.9. The fourth-order valence-corrected chi connectivity index (χ4v) is 3.12. The van der Waals surface area contributed by atoms with Crippen LogP contribution in [0.15, 0.2) is 27.6 Å². The monoisotopic (exact) mass is 355 g/mol. The van der Waals surface area contributed by atoms with Crippen molar-refractivity contribution in [3.8, 4) is 0 Å². The number of nitrogens with one attached hydrogen (secondary N) is 1. The van der Waals surface area contributed by atoms with Crippen LogP contribution >= 0.6 is 27.5 Å². The molecule has 0 aromatic heterocycles. The number of rotatable bonds is 6. The maximum Gasteiger partial charge on any atom is 0.240 e. The van der Waals surface area contributed by atoms with Crippen molar-refractivity contribution in [3.05, 3.63) is 27.7 Å². The van der Waals surface area contributed by atoms with Gasteiger partial charge in [-0.25, -0.2) is 13.1 Å². The Kier molecular flexibility index (Phi) is 6.07. The largest absolute Gasteiger partial charge is 0.392 e. The number of hydrogen-bond acceptors (Lipinski definition) is 3. The number of aliphatic hydroxyl groups excluding tert-OH is 1. The highest BCUT2D eigenvalue weighted by Crippen LogP contribution is 2.25. The van der Waals surface area contributed by atoms with Crippen LogP contribution in [0.25, 0.3) is 0 Å². The molecule has 0 heterocycles. The first-order valence-corrected chi connectivity index (χ1v) is 8.15. The number of benzene rings is 1. The molecule has 0 radical (unpaired) electrons. The Morgan fingerprint density at radius 2 is 2.17 bits per heavy atom. The molecule has 0 aliphatic carbocycles. The molecule has 0 amide bonds. The van der Waals surface area contributed by atoms with Crippen molar-refractivity contribution >= 4 is 37.6 Å². The molecule has 4 nitrogen and oxygen atoms in total. The number of halogens is 2. The second-order valence-electron chi connectivity index (χ2n) is 3.87. The molecule has 0 fully saturated rings. The third kappa shape index (κ3) is 4.51. The lowest BCUT2D eigenvalue weighted by Crippen LogP contribution is -2.32. The normalized spacial score (nSPS) is 13.6. The molecule has 1 unspecified atom stereocenters. The number of aliphatic hydroxyl groups is 1. The molecule has 0 saturated heterocycles. The predicted molar refractivity (Wildman–Crippen MR) is 75.3 cm³/mol. The average Bonchev–Trinajstić information content (AvgIpc) is 2.30. The molecule has 0 aliphatic heterocycles. The van der Waals surface area contributed by atoms with Gasteiger partial charge in [-0.05, 0) is 40.5 Å². The molecule has 1 aromatic carbocycles. The summed E-state index contributed by atoms with van der Waals surface area (Å²) in [6, 6.07) is 4.35. The molecule has 1 rings (SSSR count). The summed E-state index contributed by atoms with van der Waals surface area (Å²) in [6.45, 7) is 1.93. The van der Waals surface area contributed by atoms with Crippen molar-refractivity contribution in [2.75, 3.05) is 6.54 Å². The smallest absolute Gasteiger partial charge is 0.240 e. The fourth-order valence-electron chi connectivity index (χ4n) is 1.37. The van der Waals surface area contributed by atoms with E-state index in [1.165, 1.54) is 18.2 Å². The molecule has 18 heavy (non-hydrogen) atoms. The van der Waals surface area contributed by atoms with Crippen LogP contribution < -0.4 is 4.72 Å². The highest BCUT2D eigenvalue weighted by atomic mass is 79.9. The summed E-state index contributed by atoms with van der Waals surface area (Å²) in [5.41, 5.74) is 0. The lowest BCUT2D eigenvalue weighted by molar-refractivity contribution is 0.167. The van der Waals surface area contributed by atoms with E-state index in [0.717, 1.165) is 6.42 Å². The Hall–Kier alpha value is -0.140. The van der Waals surface area contributed by atoms with Gasteiger partial charge in [-0.1, -0.05) is 24.9 Å². The Morgan fingerprint density at radius 3 is 2.72 bits per heavy atom. The summed E-state index contributed by atoms with van der Waals surface area (Å²) >= 11 is 8.97. The quantitative estimate of drug-likeness (QED) is 0.823. The van der Waals surface area contributed by atoms with Gasteiger partial charge in [0.25, 0.3) is 0 Å². The highest BCUT2D eigenvalue weighted by molar-refractivity contribution is 9.10. The van der Waals surface area contributed by atoms with E-state index in [4.69, 9.17) is 11.6 Å². The van der Waals surface area contributed by atoms with Crippen molar-refractivity contribution in [2.45, 2.75) is 30.8 Å². The van der Waals surface area contributed by atoms with E-state index in [-0.39, 0.29) is 11.4 Å². The van der Waals surface area contributed by atoms with Gasteiger partial charge in [-0.15, -0.1) is 0 Å². The number of sulfonamides is 1. The topological polar surface area (TPSA) is 66.4 Å². The van der Waals surface area contributed by atoms with Crippen LogP contribution in [0.4, 0.5) is 0 Å². The summed E-state index contributed by atoms with van der Waals surface area (Å²) in [5, 5.41) is 9.95. The van der Waals surface area contributed by atoms with E-state index in [0.29, 0.717) is 15.9 Å². The zero-order valence-electron chi connectivity index (χ0n) is 9.86. The molecule has 1 aromatic rings. The van der Waals surface area contributed by atoms with Crippen molar-refractivity contribution in [2.24, 2.45) is 0 Å². The Balaban J connectivity index is 2.77. The Labute approximate surface area is 121 Å². The third-order valence-electron chi connectivity index (χ3n) is 2.33. The third-order valence-corrected chi connectivity index (χ3v) is 4.97. The van der Waals surface area contributed by atoms with E-state index in [1.54, 1.807) is 0 Å². The van der Waals surface area contributed by atoms with E-state index in [9.17, 15) is 13.5 Å². The van der Waals surface area contributed by atoms with Gasteiger partial charge in [0.1, 0.15) is 0 Å². The second kappa shape index (κ2) is 6.86. The summed E-state index contributed by atoms with van der Waals surface area (Å²) in [4.78, 5) is 0.113. The van der Waals surface area contributed by atoms with Crippen LogP contribution in [0.3, 0.4) is 0 Å². The summed E-state index contributed by atoms with van der Waals surface area (Å²) < 4.78 is 26.7. The van der Waals surface area contributed by atoms with Crippen LogP contribution in [0, 0.1) is 0 Å². The lowest BCUT2D eigenvalue weighted by Gasteiger charge is -2.11. The second-order valence-corrected chi connectivity index (χ2v) is 6.90. The molecule has 102 valence electrons. The van der Waals surface area contributed by atoms with E-state index >= 15 is 0 Å². The predicted octanol–water partition coefficient (Wildman–Crippen LogP) is 2.54. The van der Waals surface area contributed by atoms with E-state index in [1.807, 2.05) is 6.92 Å². The molecule has 7 heteroatoms. The summed E-state index contributed by atoms with van der Waals surface area (Å²) in [5.74, 6) is 0. The minimum atomic E-state index is -3.61. The van der Waals surface area contributed by atoms with Crippen LogP contribution in [0.2, 0.25) is 5.02 Å². The van der Waals surface area contributed by atoms with Gasteiger partial charge in [0.2, 0.25) is 10.0 Å². The molecule has 0 spiro atoms. The van der Waals surface area contributed by atoms with Crippen LogP contribution in [0.1, 0.15) is 19.8 Å². The Morgan fingerprint density at radius 1 is 1.50 bits per heavy atom. The fraction of sp³-hybridized carbons (Fsp3) is 0.455. The highest BCUT2D eigenvalue weighted by Gasteiger charge is 2.16. The standard InChI is InChI=1S/C11H15BrClNO3S/c1-2-3-8(15)7-14-18(16,17)9-4-5-11(13)10(12)6-9/h4-6,8,14-15H,2-3,7H2,1H3. The van der Waals surface area contributed by atoms with Crippen molar-refractivity contribution in [1.29, 1.82) is 0 Å². The maximum atomic E-state index is 11.9. The first-order valence-electron chi connectivity index (χ1n) is 5.49. The Bertz CT molecular complexity index is 507. The van der Waals surface area contributed by atoms with Gasteiger partial charge in [-0.3, -0.25) is 0 Å². The van der Waals surface area contributed by atoms with Gasteiger partial charge >= 0.3 is 0 Å². The molecule has 0 aliphatic rings. The van der Waals surface area contributed by atoms with Gasteiger partial charge < -0.3 is 5.11 Å². The average molecular weight is 357 g/mol. The molecule has 0 saturated carbocycles. The zero-order chi connectivity index (χ0) is 13.8. The van der Waals surface area contributed by atoms with Crippen molar-refractivity contribution < 1.29 is 13.5 Å². The van der Waals surface area contributed by atoms with Gasteiger partial charge in [0.05, 0.1) is 16.0 Å². The summed E-state index contributed by atoms with van der Waals surface area (Å²) in [7, 11) is -3.61. The molecular weight excluding hydrogens is 342 g/mol. The first-order chi connectivity index (χ1) is 8.36. The van der Waals surface area contributed by atoms with E-state index < -0.39 is 16.1 Å². The van der Waals surface area contributed by atoms with Crippen LogP contribution in [0.5, 0.6) is 0 Å². The minimum Gasteiger partial charge on any atom is -0.392 e. The van der Waals surface area contributed by atoms with Crippen molar-refractivity contribution in [3.63, 3.8) is 0 Å². The zero-order valence-corrected chi connectivity index (χ0v) is 13.0. The van der Waals surface area contributed by atoms with Gasteiger partial charge in [0.15, 0.2) is 0 Å². The van der Waals surface area contributed by atoms with Crippen LogP contribution in [-0.4, -0.2) is 26.2 Å². The molecular formula is C11H15BrClNO3S. The molecule has 2 N–H and O–H groups in total. The molecule has 0 bridgehead atoms. The summed E-state index contributed by atoms with van der Waals surface area (Å²) in [6.07, 6.45) is 0.697. The van der Waals surface area contributed by atoms with E-state index in [2.05, 4.69) is 20.7 Å². The number of hydrogen-bond donors (Lipinski definition) is 2. The maximum absolute atomic E-state index is 11.9. The van der Waals surface area contributed by atoms with Gasteiger partial charge in [0, 0.05) is 11.0 Å². The SMILES string of the molecule is CCCC(O)CNS(=O)(=O)c1ccc(Cl)c(Br)c1. The minimum absolute atomic E-state index is 0.0103. The van der Waals surface area contributed by atoms with Gasteiger partial charge in [-0.2, -0.15) is 0 Å². The lowest BCUT2D eigenvalue weighted by atomic mass is 10.2. The van der Waals surface area contributed by atoms with Crippen molar-refractivity contribution in [1.82, 2.24) is 4.72 Å². The van der Waals surface area contributed by atoms with Crippen LogP contribution in [-0.2, 0) is 10.0 Å². The molecule has 1 atom stereocenters.